The molecule has 2 rings (SSSR count). The van der Waals surface area contributed by atoms with E-state index in [1.807, 2.05) is 25.1 Å². The predicted octanol–water partition coefficient (Wildman–Crippen LogP) is 3.25. The van der Waals surface area contributed by atoms with Crippen LogP contribution in [0.4, 0.5) is 0 Å². The van der Waals surface area contributed by atoms with E-state index in [4.69, 9.17) is 0 Å². The Morgan fingerprint density at radius 3 is 2.27 bits per heavy atom. The fourth-order valence-electron chi connectivity index (χ4n) is 2.34. The van der Waals surface area contributed by atoms with Gasteiger partial charge in [-0.15, -0.1) is 0 Å². The Morgan fingerprint density at radius 2 is 1.87 bits per heavy atom. The van der Waals surface area contributed by atoms with Crippen LogP contribution in [0.1, 0.15) is 31.7 Å². The average molecular weight is 200 g/mol. The molecule has 0 bridgehead atoms. The summed E-state index contributed by atoms with van der Waals surface area (Å²) < 4.78 is 0. The topological polar surface area (TPSA) is 17.1 Å². The van der Waals surface area contributed by atoms with Crippen LogP contribution in [0.15, 0.2) is 42.5 Å². The van der Waals surface area contributed by atoms with Crippen molar-refractivity contribution in [2.75, 3.05) is 0 Å². The Kier molecular flexibility index (Phi) is 2.47. The summed E-state index contributed by atoms with van der Waals surface area (Å²) in [5.41, 5.74) is 1.59. The van der Waals surface area contributed by atoms with Gasteiger partial charge in [0.1, 0.15) is 0 Å². The van der Waals surface area contributed by atoms with Crippen LogP contribution in [0.25, 0.3) is 0 Å². The van der Waals surface area contributed by atoms with E-state index in [-0.39, 0.29) is 11.2 Å². The summed E-state index contributed by atoms with van der Waals surface area (Å²) in [7, 11) is 0. The number of rotatable bonds is 3. The summed E-state index contributed by atoms with van der Waals surface area (Å²) in [6.45, 7) is 5.59. The number of Topliss-reactive ketones (excluding diaryl/α,β-unsaturated/α-hetero) is 1. The van der Waals surface area contributed by atoms with Gasteiger partial charge in [0, 0.05) is 0 Å². The lowest BCUT2D eigenvalue weighted by Gasteiger charge is -2.41. The highest BCUT2D eigenvalue weighted by Gasteiger charge is 2.45. The van der Waals surface area contributed by atoms with E-state index in [9.17, 15) is 4.79 Å². The minimum Gasteiger partial charge on any atom is -0.294 e. The molecule has 0 spiro atoms. The average Bonchev–Trinajstić information content (AvgIpc) is 2.17. The number of hydrogen-bond donors (Lipinski definition) is 0. The van der Waals surface area contributed by atoms with Crippen molar-refractivity contribution in [2.24, 2.45) is 0 Å². The second kappa shape index (κ2) is 3.65. The van der Waals surface area contributed by atoms with E-state index < -0.39 is 0 Å². The van der Waals surface area contributed by atoms with Gasteiger partial charge in [0.15, 0.2) is 5.78 Å². The van der Waals surface area contributed by atoms with Crippen LogP contribution >= 0.6 is 0 Å². The van der Waals surface area contributed by atoms with Gasteiger partial charge in [-0.05, 0) is 30.9 Å². The first-order chi connectivity index (χ1) is 7.17. The SMILES string of the molecule is C=C(C)C(=O)C1(c2ccccc2)CCC1. The van der Waals surface area contributed by atoms with Crippen molar-refractivity contribution in [3.05, 3.63) is 48.0 Å². The highest BCUT2D eigenvalue weighted by Crippen LogP contribution is 2.45. The third-order valence-electron chi connectivity index (χ3n) is 3.36. The van der Waals surface area contributed by atoms with Crippen molar-refractivity contribution in [3.8, 4) is 0 Å². The monoisotopic (exact) mass is 200 g/mol. The lowest BCUT2D eigenvalue weighted by atomic mass is 9.61. The maximum Gasteiger partial charge on any atom is 0.168 e. The van der Waals surface area contributed by atoms with Crippen LogP contribution in [0.5, 0.6) is 0 Å². The number of carbonyl (C=O) groups is 1. The Balaban J connectivity index is 2.39. The lowest BCUT2D eigenvalue weighted by Crippen LogP contribution is -2.42. The molecule has 0 radical (unpaired) electrons. The molecule has 78 valence electrons. The summed E-state index contributed by atoms with van der Waals surface area (Å²) in [5, 5.41) is 0. The molecule has 0 saturated heterocycles. The molecule has 0 aromatic heterocycles. The Bertz CT molecular complexity index is 385. The van der Waals surface area contributed by atoms with Gasteiger partial charge in [0.25, 0.3) is 0 Å². The van der Waals surface area contributed by atoms with Crippen LogP contribution in [0.3, 0.4) is 0 Å². The van der Waals surface area contributed by atoms with Crippen molar-refractivity contribution in [1.29, 1.82) is 0 Å². The summed E-state index contributed by atoms with van der Waals surface area (Å²) in [5.74, 6) is 0.222. The van der Waals surface area contributed by atoms with Crippen molar-refractivity contribution in [3.63, 3.8) is 0 Å². The third kappa shape index (κ3) is 1.52. The molecular weight excluding hydrogens is 184 g/mol. The Hall–Kier alpha value is -1.37. The minimum absolute atomic E-state index is 0.222. The summed E-state index contributed by atoms with van der Waals surface area (Å²) in [6, 6.07) is 10.1. The molecule has 1 heteroatoms. The highest BCUT2D eigenvalue weighted by molar-refractivity contribution is 6.03. The lowest BCUT2D eigenvalue weighted by molar-refractivity contribution is -0.123. The van der Waals surface area contributed by atoms with Gasteiger partial charge >= 0.3 is 0 Å². The maximum absolute atomic E-state index is 12.1. The molecule has 1 aliphatic rings. The largest absolute Gasteiger partial charge is 0.294 e. The van der Waals surface area contributed by atoms with Crippen LogP contribution in [-0.4, -0.2) is 5.78 Å². The summed E-state index contributed by atoms with van der Waals surface area (Å²) in [4.78, 5) is 12.1. The van der Waals surface area contributed by atoms with E-state index >= 15 is 0 Å². The summed E-state index contributed by atoms with van der Waals surface area (Å²) >= 11 is 0. The van der Waals surface area contributed by atoms with E-state index in [0.29, 0.717) is 5.57 Å². The molecule has 1 fully saturated rings. The van der Waals surface area contributed by atoms with Crippen LogP contribution in [-0.2, 0) is 10.2 Å². The number of carbonyl (C=O) groups excluding carboxylic acids is 1. The Labute approximate surface area is 90.8 Å². The van der Waals surface area contributed by atoms with Crippen LogP contribution in [0.2, 0.25) is 0 Å². The zero-order valence-corrected chi connectivity index (χ0v) is 9.12. The quantitative estimate of drug-likeness (QED) is 0.684. The molecule has 1 saturated carbocycles. The highest BCUT2D eigenvalue weighted by atomic mass is 16.1. The molecule has 0 N–H and O–H groups in total. The van der Waals surface area contributed by atoms with Gasteiger partial charge in [-0.1, -0.05) is 43.3 Å². The molecule has 15 heavy (non-hydrogen) atoms. The van der Waals surface area contributed by atoms with E-state index in [0.717, 1.165) is 24.8 Å². The minimum atomic E-state index is -0.243. The predicted molar refractivity (Wildman–Crippen MR) is 61.8 cm³/mol. The molecule has 0 amide bonds. The van der Waals surface area contributed by atoms with Crippen LogP contribution < -0.4 is 0 Å². The zero-order valence-electron chi connectivity index (χ0n) is 9.12. The molecule has 0 heterocycles. The molecule has 0 atom stereocenters. The van der Waals surface area contributed by atoms with Gasteiger partial charge < -0.3 is 0 Å². The Morgan fingerprint density at radius 1 is 1.27 bits per heavy atom. The number of hydrogen-bond acceptors (Lipinski definition) is 1. The fraction of sp³-hybridized carbons (Fsp3) is 0.357. The normalized spacial score (nSPS) is 17.9. The van der Waals surface area contributed by atoms with Crippen molar-refractivity contribution < 1.29 is 4.79 Å². The first-order valence-corrected chi connectivity index (χ1v) is 5.43. The number of benzene rings is 1. The van der Waals surface area contributed by atoms with Gasteiger partial charge in [-0.2, -0.15) is 0 Å². The molecule has 1 aliphatic carbocycles. The fourth-order valence-corrected chi connectivity index (χ4v) is 2.34. The smallest absolute Gasteiger partial charge is 0.168 e. The summed E-state index contributed by atoms with van der Waals surface area (Å²) in [6.07, 6.45) is 3.10. The van der Waals surface area contributed by atoms with Crippen molar-refractivity contribution in [1.82, 2.24) is 0 Å². The van der Waals surface area contributed by atoms with Crippen molar-refractivity contribution in [2.45, 2.75) is 31.6 Å². The molecule has 1 nitrogen and oxygen atoms in total. The van der Waals surface area contributed by atoms with Gasteiger partial charge in [0.05, 0.1) is 5.41 Å². The van der Waals surface area contributed by atoms with Gasteiger partial charge in [-0.25, -0.2) is 0 Å². The molecule has 0 aliphatic heterocycles. The number of allylic oxidation sites excluding steroid dienone is 1. The molecule has 1 aromatic rings. The second-order valence-corrected chi connectivity index (χ2v) is 4.41. The van der Waals surface area contributed by atoms with Gasteiger partial charge in [-0.3, -0.25) is 4.79 Å². The first-order valence-electron chi connectivity index (χ1n) is 5.43. The second-order valence-electron chi connectivity index (χ2n) is 4.41. The van der Waals surface area contributed by atoms with E-state index in [2.05, 4.69) is 18.7 Å². The van der Waals surface area contributed by atoms with E-state index in [1.165, 1.54) is 0 Å². The third-order valence-corrected chi connectivity index (χ3v) is 3.36. The zero-order chi connectivity index (χ0) is 10.9. The molecule has 1 aromatic carbocycles. The first kappa shape index (κ1) is 10.2. The van der Waals surface area contributed by atoms with E-state index in [1.54, 1.807) is 0 Å². The molecular formula is C14H16O. The molecule has 0 unspecified atom stereocenters. The standard InChI is InChI=1S/C14H16O/c1-11(2)13(15)14(9-6-10-14)12-7-4-3-5-8-12/h3-5,7-8H,1,6,9-10H2,2H3. The number of ketones is 1. The maximum atomic E-state index is 12.1. The van der Waals surface area contributed by atoms with Crippen LogP contribution in [0, 0.1) is 0 Å². The van der Waals surface area contributed by atoms with Gasteiger partial charge in [0.2, 0.25) is 0 Å². The van der Waals surface area contributed by atoms with Crippen molar-refractivity contribution >= 4 is 5.78 Å².